The fraction of sp³-hybridized carbons (Fsp3) is 0.810. The van der Waals surface area contributed by atoms with E-state index in [0.29, 0.717) is 18.3 Å². The molecule has 0 saturated heterocycles. The fourth-order valence-electron chi connectivity index (χ4n) is 7.29. The summed E-state index contributed by atoms with van der Waals surface area (Å²) < 4.78 is 0. The van der Waals surface area contributed by atoms with Crippen LogP contribution in [0.1, 0.15) is 52.4 Å². The maximum atomic E-state index is 12.1. The highest BCUT2D eigenvalue weighted by Crippen LogP contribution is 2.65. The molecule has 5 nitrogen and oxygen atoms in total. The van der Waals surface area contributed by atoms with E-state index in [4.69, 9.17) is 0 Å². The molecule has 8 atom stereocenters. The van der Waals surface area contributed by atoms with E-state index in [0.717, 1.165) is 25.7 Å². The summed E-state index contributed by atoms with van der Waals surface area (Å²) in [6.45, 7) is 4.57. The van der Waals surface area contributed by atoms with E-state index in [1.54, 1.807) is 6.08 Å². The number of aliphatic carboxylic acids is 1. The molecule has 2 N–H and O–H groups in total. The molecule has 0 aromatic carbocycles. The average molecular weight is 361 g/mol. The van der Waals surface area contributed by atoms with Crippen molar-refractivity contribution in [1.29, 1.82) is 0 Å². The van der Waals surface area contributed by atoms with Crippen molar-refractivity contribution in [2.45, 2.75) is 64.5 Å². The van der Waals surface area contributed by atoms with Crippen LogP contribution in [0.3, 0.4) is 0 Å². The SMILES string of the molecule is CN1C(=O)C=C[C@@]2(C)C1CC(O)[C@@H]1[C@H]2CC[C@]2(C)CC(CC(=O)O)C[C@@H]12. The summed E-state index contributed by atoms with van der Waals surface area (Å²) in [6.07, 6.45) is 8.30. The van der Waals surface area contributed by atoms with Crippen LogP contribution in [0, 0.1) is 34.5 Å². The highest BCUT2D eigenvalue weighted by Gasteiger charge is 2.62. The first-order valence-corrected chi connectivity index (χ1v) is 10.0. The van der Waals surface area contributed by atoms with Crippen LogP contribution in [0.4, 0.5) is 0 Å². The molecule has 144 valence electrons. The van der Waals surface area contributed by atoms with Gasteiger partial charge in [-0.05, 0) is 67.3 Å². The van der Waals surface area contributed by atoms with Gasteiger partial charge in [0.15, 0.2) is 0 Å². The molecule has 3 fully saturated rings. The normalized spacial score (nSPS) is 50.2. The lowest BCUT2D eigenvalue weighted by molar-refractivity contribution is -0.154. The Morgan fingerprint density at radius 2 is 2.04 bits per heavy atom. The third-order valence-corrected chi connectivity index (χ3v) is 8.48. The van der Waals surface area contributed by atoms with Gasteiger partial charge < -0.3 is 15.1 Å². The lowest BCUT2D eigenvalue weighted by atomic mass is 9.48. The molecule has 3 unspecified atom stereocenters. The first-order valence-electron chi connectivity index (χ1n) is 10.0. The number of amides is 1. The van der Waals surface area contributed by atoms with Gasteiger partial charge in [0.25, 0.3) is 0 Å². The van der Waals surface area contributed by atoms with Gasteiger partial charge in [0.1, 0.15) is 0 Å². The highest BCUT2D eigenvalue weighted by atomic mass is 16.4. The van der Waals surface area contributed by atoms with Crippen molar-refractivity contribution in [3.05, 3.63) is 12.2 Å². The second-order valence-electron chi connectivity index (χ2n) is 9.85. The van der Waals surface area contributed by atoms with E-state index in [-0.39, 0.29) is 41.0 Å². The van der Waals surface area contributed by atoms with Crippen molar-refractivity contribution in [3.8, 4) is 0 Å². The standard InChI is InChI=1S/C21H31NO4/c1-20-6-4-13-19(14(20)8-12(11-20)9-18(25)26)15(23)10-16-21(13,2)7-5-17(24)22(16)3/h5,7,12-16,19,23H,4,6,8-11H2,1-3H3,(H,25,26)/t12?,13-,14+,15?,16?,19-,20-,21-/m1/s1. The van der Waals surface area contributed by atoms with Gasteiger partial charge in [-0.2, -0.15) is 0 Å². The van der Waals surface area contributed by atoms with Gasteiger partial charge in [-0.3, -0.25) is 9.59 Å². The number of carbonyl (C=O) groups excluding carboxylic acids is 1. The Morgan fingerprint density at radius 3 is 2.73 bits per heavy atom. The van der Waals surface area contributed by atoms with E-state index in [1.165, 1.54) is 0 Å². The summed E-state index contributed by atoms with van der Waals surface area (Å²) in [6, 6.07) is 0.0526. The van der Waals surface area contributed by atoms with Crippen molar-refractivity contribution < 1.29 is 19.8 Å². The van der Waals surface area contributed by atoms with Crippen LogP contribution < -0.4 is 0 Å². The molecule has 1 aliphatic heterocycles. The summed E-state index contributed by atoms with van der Waals surface area (Å²) in [4.78, 5) is 25.2. The number of rotatable bonds is 2. The van der Waals surface area contributed by atoms with E-state index < -0.39 is 12.1 Å². The third-order valence-electron chi connectivity index (χ3n) is 8.48. The fourth-order valence-corrected chi connectivity index (χ4v) is 7.29. The van der Waals surface area contributed by atoms with E-state index in [9.17, 15) is 19.8 Å². The minimum Gasteiger partial charge on any atom is -0.481 e. The molecule has 0 aromatic heterocycles. The first kappa shape index (κ1) is 18.0. The minimum absolute atomic E-state index is 0.0289. The molecule has 3 saturated carbocycles. The van der Waals surface area contributed by atoms with Crippen molar-refractivity contribution in [3.63, 3.8) is 0 Å². The van der Waals surface area contributed by atoms with Gasteiger partial charge in [0.2, 0.25) is 5.91 Å². The number of carbonyl (C=O) groups is 2. The molecular weight excluding hydrogens is 330 g/mol. The smallest absolute Gasteiger partial charge is 0.303 e. The summed E-state index contributed by atoms with van der Waals surface area (Å²) in [5, 5.41) is 20.3. The Hall–Kier alpha value is -1.36. The first-order chi connectivity index (χ1) is 12.2. The number of aliphatic hydroxyl groups excluding tert-OH is 1. The quantitative estimate of drug-likeness (QED) is 0.793. The Kier molecular flexibility index (Phi) is 4.03. The number of hydrogen-bond acceptors (Lipinski definition) is 3. The van der Waals surface area contributed by atoms with Crippen molar-refractivity contribution in [2.24, 2.45) is 34.5 Å². The lowest BCUT2D eigenvalue weighted by Gasteiger charge is -2.61. The molecule has 26 heavy (non-hydrogen) atoms. The predicted octanol–water partition coefficient (Wildman–Crippen LogP) is 2.69. The van der Waals surface area contributed by atoms with Crippen LogP contribution in [0.5, 0.6) is 0 Å². The van der Waals surface area contributed by atoms with Crippen LogP contribution in [0.25, 0.3) is 0 Å². The van der Waals surface area contributed by atoms with Gasteiger partial charge in [-0.15, -0.1) is 0 Å². The molecule has 3 aliphatic carbocycles. The highest BCUT2D eigenvalue weighted by molar-refractivity contribution is 5.89. The molecule has 5 heteroatoms. The second-order valence-corrected chi connectivity index (χ2v) is 9.85. The number of hydrogen-bond donors (Lipinski definition) is 2. The monoisotopic (exact) mass is 361 g/mol. The second kappa shape index (κ2) is 5.82. The van der Waals surface area contributed by atoms with Gasteiger partial charge in [0.05, 0.1) is 6.10 Å². The maximum Gasteiger partial charge on any atom is 0.303 e. The summed E-state index contributed by atoms with van der Waals surface area (Å²) in [5.41, 5.74) is 0.0460. The number of carboxylic acid groups (broad SMARTS) is 1. The largest absolute Gasteiger partial charge is 0.481 e. The molecule has 1 amide bonds. The zero-order chi connectivity index (χ0) is 18.9. The Bertz CT molecular complexity index is 660. The molecule has 0 spiro atoms. The van der Waals surface area contributed by atoms with Crippen LogP contribution in [-0.2, 0) is 9.59 Å². The zero-order valence-electron chi connectivity index (χ0n) is 16.0. The number of fused-ring (bicyclic) bond motifs is 5. The minimum atomic E-state index is -0.708. The molecule has 4 rings (SSSR count). The van der Waals surface area contributed by atoms with Crippen LogP contribution in [0.15, 0.2) is 12.2 Å². The van der Waals surface area contributed by atoms with Gasteiger partial charge in [-0.1, -0.05) is 19.9 Å². The molecular formula is C21H31NO4. The Morgan fingerprint density at radius 1 is 1.31 bits per heavy atom. The number of likely N-dealkylation sites (N-methyl/N-ethyl adjacent to an activating group) is 1. The van der Waals surface area contributed by atoms with E-state index >= 15 is 0 Å². The third kappa shape index (κ3) is 2.46. The van der Waals surface area contributed by atoms with Crippen LogP contribution >= 0.6 is 0 Å². The van der Waals surface area contributed by atoms with Crippen LogP contribution in [0.2, 0.25) is 0 Å². The molecule has 4 aliphatic rings. The molecule has 1 heterocycles. The van der Waals surface area contributed by atoms with Gasteiger partial charge in [0, 0.05) is 24.9 Å². The van der Waals surface area contributed by atoms with Crippen molar-refractivity contribution in [2.75, 3.05) is 7.05 Å². The summed E-state index contributed by atoms with van der Waals surface area (Å²) in [5.74, 6) is 0.492. The van der Waals surface area contributed by atoms with Gasteiger partial charge >= 0.3 is 5.97 Å². The van der Waals surface area contributed by atoms with Crippen molar-refractivity contribution >= 4 is 11.9 Å². The number of nitrogens with zero attached hydrogens (tertiary/aromatic N) is 1. The van der Waals surface area contributed by atoms with E-state index in [2.05, 4.69) is 19.9 Å². The number of carboxylic acids is 1. The molecule has 0 bridgehead atoms. The molecule has 0 aromatic rings. The summed E-state index contributed by atoms with van der Waals surface area (Å²) >= 11 is 0. The van der Waals surface area contributed by atoms with Gasteiger partial charge in [-0.25, -0.2) is 0 Å². The maximum absolute atomic E-state index is 12.1. The lowest BCUT2D eigenvalue weighted by Crippen LogP contribution is -2.63. The van der Waals surface area contributed by atoms with Crippen LogP contribution in [-0.4, -0.2) is 46.2 Å². The Labute approximate surface area is 155 Å². The zero-order valence-corrected chi connectivity index (χ0v) is 16.0. The topological polar surface area (TPSA) is 77.8 Å². The van der Waals surface area contributed by atoms with Crippen molar-refractivity contribution in [1.82, 2.24) is 4.90 Å². The average Bonchev–Trinajstić information content (AvgIpc) is 2.88. The Balaban J connectivity index is 1.67. The molecule has 0 radical (unpaired) electrons. The predicted molar refractivity (Wildman–Crippen MR) is 97.2 cm³/mol. The number of aliphatic hydroxyl groups is 1. The summed E-state index contributed by atoms with van der Waals surface area (Å²) in [7, 11) is 1.85. The van der Waals surface area contributed by atoms with E-state index in [1.807, 2.05) is 11.9 Å².